The van der Waals surface area contributed by atoms with Crippen LogP contribution in [0.15, 0.2) is 0 Å². The lowest BCUT2D eigenvalue weighted by Crippen LogP contribution is -2.43. The van der Waals surface area contributed by atoms with Gasteiger partial charge in [-0.3, -0.25) is 0 Å². The Bertz CT molecular complexity index is 140. The third kappa shape index (κ3) is 1.64. The molecule has 12 heavy (non-hydrogen) atoms. The fourth-order valence-electron chi connectivity index (χ4n) is 1.74. The van der Waals surface area contributed by atoms with Crippen LogP contribution in [0.1, 0.15) is 40.5 Å². The van der Waals surface area contributed by atoms with Gasteiger partial charge in [-0.15, -0.1) is 0 Å². The normalized spacial score (nSPS) is 23.0. The summed E-state index contributed by atoms with van der Waals surface area (Å²) in [4.78, 5) is 0. The fourth-order valence-corrected chi connectivity index (χ4v) is 1.74. The van der Waals surface area contributed by atoms with Gasteiger partial charge in [0.15, 0.2) is 5.79 Å². The predicted octanol–water partition coefficient (Wildman–Crippen LogP) is 2.58. The van der Waals surface area contributed by atoms with Gasteiger partial charge in [-0.1, -0.05) is 34.1 Å². The van der Waals surface area contributed by atoms with Crippen molar-refractivity contribution >= 4 is 0 Å². The second-order valence-corrected chi connectivity index (χ2v) is 4.45. The Kier molecular flexibility index (Phi) is 2.79. The highest BCUT2D eigenvalue weighted by Crippen LogP contribution is 2.41. The van der Waals surface area contributed by atoms with Gasteiger partial charge < -0.3 is 9.47 Å². The van der Waals surface area contributed by atoms with Gasteiger partial charge in [0, 0.05) is 11.8 Å². The lowest BCUT2D eigenvalue weighted by molar-refractivity contribution is -0.226. The Labute approximate surface area is 75.2 Å². The summed E-state index contributed by atoms with van der Waals surface area (Å²) in [7, 11) is 0. The fraction of sp³-hybridized carbons (Fsp3) is 1.00. The Balaban J connectivity index is 2.72. The molecule has 0 aliphatic carbocycles. The summed E-state index contributed by atoms with van der Waals surface area (Å²) < 4.78 is 11.4. The van der Waals surface area contributed by atoms with E-state index in [1.165, 1.54) is 0 Å². The molecule has 0 N–H and O–H groups in total. The summed E-state index contributed by atoms with van der Waals surface area (Å²) in [6.07, 6.45) is 2.10. The first-order chi connectivity index (χ1) is 5.52. The summed E-state index contributed by atoms with van der Waals surface area (Å²) >= 11 is 0. The maximum atomic E-state index is 5.72. The first-order valence-corrected chi connectivity index (χ1v) is 4.80. The average molecular weight is 172 g/mol. The number of hydrogen-bond donors (Lipinski definition) is 0. The molecule has 0 saturated carbocycles. The molecule has 1 heterocycles. The third-order valence-electron chi connectivity index (χ3n) is 2.48. The van der Waals surface area contributed by atoms with Gasteiger partial charge in [-0.2, -0.15) is 0 Å². The molecule has 0 aromatic rings. The van der Waals surface area contributed by atoms with Gasteiger partial charge >= 0.3 is 0 Å². The van der Waals surface area contributed by atoms with Crippen molar-refractivity contribution in [2.75, 3.05) is 13.2 Å². The van der Waals surface area contributed by atoms with Crippen LogP contribution in [0.25, 0.3) is 0 Å². The van der Waals surface area contributed by atoms with Crippen molar-refractivity contribution in [3.63, 3.8) is 0 Å². The molecule has 2 nitrogen and oxygen atoms in total. The molecule has 1 aliphatic rings. The first-order valence-electron chi connectivity index (χ1n) is 4.80. The molecule has 0 amide bonds. The van der Waals surface area contributed by atoms with E-state index in [4.69, 9.17) is 9.47 Å². The zero-order valence-corrected chi connectivity index (χ0v) is 8.64. The van der Waals surface area contributed by atoms with Crippen molar-refractivity contribution in [3.8, 4) is 0 Å². The molecule has 1 aliphatic heterocycles. The van der Waals surface area contributed by atoms with Crippen molar-refractivity contribution in [1.29, 1.82) is 0 Å². The zero-order chi connectivity index (χ0) is 9.24. The number of hydrogen-bond acceptors (Lipinski definition) is 2. The molecule has 0 radical (unpaired) electrons. The third-order valence-corrected chi connectivity index (χ3v) is 2.48. The molecule has 0 aromatic heterocycles. The van der Waals surface area contributed by atoms with E-state index < -0.39 is 0 Å². The SMILES string of the molecule is CCCC1(C(C)(C)C)OCCO1. The summed E-state index contributed by atoms with van der Waals surface area (Å²) in [6, 6.07) is 0. The lowest BCUT2D eigenvalue weighted by atomic mass is 9.82. The highest BCUT2D eigenvalue weighted by atomic mass is 16.7. The van der Waals surface area contributed by atoms with E-state index in [1.807, 2.05) is 0 Å². The molecular weight excluding hydrogens is 152 g/mol. The van der Waals surface area contributed by atoms with Crippen LogP contribution in [0, 0.1) is 5.41 Å². The number of rotatable bonds is 2. The Morgan fingerprint density at radius 1 is 1.17 bits per heavy atom. The van der Waals surface area contributed by atoms with E-state index in [0.717, 1.165) is 26.1 Å². The van der Waals surface area contributed by atoms with Gasteiger partial charge in [0.2, 0.25) is 0 Å². The summed E-state index contributed by atoms with van der Waals surface area (Å²) in [5, 5.41) is 0. The van der Waals surface area contributed by atoms with Crippen LogP contribution in [0.3, 0.4) is 0 Å². The maximum absolute atomic E-state index is 5.72. The van der Waals surface area contributed by atoms with Crippen molar-refractivity contribution in [2.45, 2.75) is 46.3 Å². The molecule has 1 rings (SSSR count). The van der Waals surface area contributed by atoms with Gasteiger partial charge in [0.05, 0.1) is 13.2 Å². The van der Waals surface area contributed by atoms with E-state index in [-0.39, 0.29) is 11.2 Å². The van der Waals surface area contributed by atoms with Gasteiger partial charge in [-0.25, -0.2) is 0 Å². The van der Waals surface area contributed by atoms with E-state index >= 15 is 0 Å². The quantitative estimate of drug-likeness (QED) is 0.637. The molecule has 0 aromatic carbocycles. The minimum Gasteiger partial charge on any atom is -0.347 e. The molecule has 1 saturated heterocycles. The largest absolute Gasteiger partial charge is 0.347 e. The molecular formula is C10H20O2. The van der Waals surface area contributed by atoms with E-state index in [9.17, 15) is 0 Å². The van der Waals surface area contributed by atoms with Crippen LogP contribution in [-0.4, -0.2) is 19.0 Å². The molecule has 72 valence electrons. The Morgan fingerprint density at radius 2 is 1.67 bits per heavy atom. The standard InChI is InChI=1S/C10H20O2/c1-5-6-10(9(2,3)4)11-7-8-12-10/h5-8H2,1-4H3. The smallest absolute Gasteiger partial charge is 0.173 e. The van der Waals surface area contributed by atoms with Gasteiger partial charge in [-0.05, 0) is 0 Å². The first kappa shape index (κ1) is 10.0. The Hall–Kier alpha value is -0.0800. The zero-order valence-electron chi connectivity index (χ0n) is 8.64. The van der Waals surface area contributed by atoms with Crippen LogP contribution < -0.4 is 0 Å². The average Bonchev–Trinajstić information content (AvgIpc) is 2.36. The summed E-state index contributed by atoms with van der Waals surface area (Å²) in [6.45, 7) is 10.2. The molecule has 0 unspecified atom stereocenters. The van der Waals surface area contributed by atoms with Crippen LogP contribution in [-0.2, 0) is 9.47 Å². The van der Waals surface area contributed by atoms with Crippen LogP contribution >= 0.6 is 0 Å². The molecule has 2 heteroatoms. The van der Waals surface area contributed by atoms with E-state index in [1.54, 1.807) is 0 Å². The van der Waals surface area contributed by atoms with Crippen molar-refractivity contribution < 1.29 is 9.47 Å². The highest BCUT2D eigenvalue weighted by molar-refractivity contribution is 4.86. The van der Waals surface area contributed by atoms with Crippen LogP contribution in [0.5, 0.6) is 0 Å². The minimum atomic E-state index is -0.318. The van der Waals surface area contributed by atoms with Crippen molar-refractivity contribution in [3.05, 3.63) is 0 Å². The second-order valence-electron chi connectivity index (χ2n) is 4.45. The molecule has 1 fully saturated rings. The number of ether oxygens (including phenoxy) is 2. The maximum Gasteiger partial charge on any atom is 0.173 e. The summed E-state index contributed by atoms with van der Waals surface area (Å²) in [5.74, 6) is -0.318. The topological polar surface area (TPSA) is 18.5 Å². The monoisotopic (exact) mass is 172 g/mol. The molecule has 0 atom stereocenters. The van der Waals surface area contributed by atoms with Crippen molar-refractivity contribution in [1.82, 2.24) is 0 Å². The highest BCUT2D eigenvalue weighted by Gasteiger charge is 2.46. The van der Waals surface area contributed by atoms with E-state index in [0.29, 0.717) is 0 Å². The molecule has 0 bridgehead atoms. The van der Waals surface area contributed by atoms with E-state index in [2.05, 4.69) is 27.7 Å². The predicted molar refractivity (Wildman–Crippen MR) is 49.0 cm³/mol. The van der Waals surface area contributed by atoms with Crippen molar-refractivity contribution in [2.24, 2.45) is 5.41 Å². The minimum absolute atomic E-state index is 0.0828. The summed E-state index contributed by atoms with van der Waals surface area (Å²) in [5.41, 5.74) is 0.0828. The lowest BCUT2D eigenvalue weighted by Gasteiger charge is -2.39. The van der Waals surface area contributed by atoms with Gasteiger partial charge in [0.1, 0.15) is 0 Å². The molecule has 0 spiro atoms. The van der Waals surface area contributed by atoms with Crippen LogP contribution in [0.4, 0.5) is 0 Å². The van der Waals surface area contributed by atoms with Gasteiger partial charge in [0.25, 0.3) is 0 Å². The van der Waals surface area contributed by atoms with Crippen LogP contribution in [0.2, 0.25) is 0 Å². The second kappa shape index (κ2) is 3.35. The Morgan fingerprint density at radius 3 is 2.00 bits per heavy atom.